The van der Waals surface area contributed by atoms with E-state index >= 15 is 0 Å². The van der Waals surface area contributed by atoms with Gasteiger partial charge in [-0.05, 0) is 49.3 Å². The van der Waals surface area contributed by atoms with Gasteiger partial charge in [-0.3, -0.25) is 19.3 Å². The summed E-state index contributed by atoms with van der Waals surface area (Å²) in [5.74, 6) is -0.635. The quantitative estimate of drug-likeness (QED) is 0.545. The highest BCUT2D eigenvalue weighted by Gasteiger charge is 2.40. The molecule has 7 heteroatoms. The van der Waals surface area contributed by atoms with Crippen molar-refractivity contribution in [3.8, 4) is 0 Å². The molecule has 1 aromatic carbocycles. The van der Waals surface area contributed by atoms with E-state index in [1.54, 1.807) is 4.90 Å². The highest BCUT2D eigenvalue weighted by molar-refractivity contribution is 6.22. The molecule has 166 valence electrons. The van der Waals surface area contributed by atoms with Crippen molar-refractivity contribution in [2.45, 2.75) is 58.4 Å². The molecule has 0 unspecified atom stereocenters. The van der Waals surface area contributed by atoms with E-state index < -0.39 is 5.97 Å². The number of esters is 1. The van der Waals surface area contributed by atoms with Crippen LogP contribution >= 0.6 is 0 Å². The minimum Gasteiger partial charge on any atom is -0.452 e. The first-order valence-electron chi connectivity index (χ1n) is 11.3. The molecule has 0 N–H and O–H groups in total. The summed E-state index contributed by atoms with van der Waals surface area (Å²) in [5.41, 5.74) is 0.757. The molecule has 1 aliphatic carbocycles. The topological polar surface area (TPSA) is 84.0 Å². The molecule has 31 heavy (non-hydrogen) atoms. The molecular weight excluding hydrogens is 396 g/mol. The summed E-state index contributed by atoms with van der Waals surface area (Å²) in [5, 5.41) is 0. The second-order valence-electron chi connectivity index (χ2n) is 9.35. The van der Waals surface area contributed by atoms with Gasteiger partial charge < -0.3 is 9.64 Å². The average molecular weight is 427 g/mol. The fraction of sp³-hybridized carbons (Fsp3) is 0.583. The van der Waals surface area contributed by atoms with Crippen molar-refractivity contribution in [3.05, 3.63) is 34.9 Å². The monoisotopic (exact) mass is 426 g/mol. The normalized spacial score (nSPS) is 24.3. The van der Waals surface area contributed by atoms with Crippen LogP contribution in [0, 0.1) is 11.8 Å². The summed E-state index contributed by atoms with van der Waals surface area (Å²) >= 11 is 0. The molecule has 2 fully saturated rings. The van der Waals surface area contributed by atoms with E-state index in [-0.39, 0.29) is 41.5 Å². The van der Waals surface area contributed by atoms with Crippen molar-refractivity contribution >= 4 is 23.7 Å². The highest BCUT2D eigenvalue weighted by atomic mass is 16.5. The van der Waals surface area contributed by atoms with Gasteiger partial charge in [0.25, 0.3) is 17.7 Å². The number of amides is 3. The number of piperidine rings is 1. The number of imide groups is 1. The van der Waals surface area contributed by atoms with Crippen LogP contribution in [0.4, 0.5) is 0 Å². The zero-order valence-corrected chi connectivity index (χ0v) is 18.3. The van der Waals surface area contributed by atoms with E-state index in [2.05, 4.69) is 13.8 Å². The van der Waals surface area contributed by atoms with E-state index in [9.17, 15) is 19.2 Å². The van der Waals surface area contributed by atoms with Gasteiger partial charge >= 0.3 is 5.97 Å². The molecule has 0 spiro atoms. The van der Waals surface area contributed by atoms with Crippen LogP contribution < -0.4 is 0 Å². The van der Waals surface area contributed by atoms with Crippen LogP contribution in [0.25, 0.3) is 0 Å². The molecule has 2 atom stereocenters. The predicted molar refractivity (Wildman–Crippen MR) is 114 cm³/mol. The van der Waals surface area contributed by atoms with Crippen LogP contribution in [0.5, 0.6) is 0 Å². The van der Waals surface area contributed by atoms with Crippen LogP contribution in [-0.4, -0.2) is 59.2 Å². The lowest BCUT2D eigenvalue weighted by molar-refractivity contribution is -0.137. The zero-order valence-electron chi connectivity index (χ0n) is 18.3. The van der Waals surface area contributed by atoms with Gasteiger partial charge in [0, 0.05) is 19.1 Å². The van der Waals surface area contributed by atoms with E-state index in [1.807, 2.05) is 0 Å². The maximum Gasteiger partial charge on any atom is 0.338 e. The summed E-state index contributed by atoms with van der Waals surface area (Å²) in [7, 11) is 0. The first kappa shape index (κ1) is 21.5. The molecule has 3 aliphatic rings. The van der Waals surface area contributed by atoms with Gasteiger partial charge in [-0.15, -0.1) is 0 Å². The maximum absolute atomic E-state index is 12.9. The van der Waals surface area contributed by atoms with E-state index in [0.29, 0.717) is 30.5 Å². The van der Waals surface area contributed by atoms with Crippen LogP contribution in [0.3, 0.4) is 0 Å². The molecule has 1 aromatic rings. The van der Waals surface area contributed by atoms with Gasteiger partial charge in [0.2, 0.25) is 0 Å². The second kappa shape index (κ2) is 8.81. The largest absolute Gasteiger partial charge is 0.452 e. The van der Waals surface area contributed by atoms with Gasteiger partial charge in [0.05, 0.1) is 16.7 Å². The maximum atomic E-state index is 12.9. The van der Waals surface area contributed by atoms with E-state index in [1.165, 1.54) is 23.1 Å². The fourth-order valence-electron chi connectivity index (χ4n) is 5.23. The Labute approximate surface area is 182 Å². The summed E-state index contributed by atoms with van der Waals surface area (Å²) in [6, 6.07) is 4.37. The van der Waals surface area contributed by atoms with E-state index in [0.717, 1.165) is 38.5 Å². The molecule has 0 aromatic heterocycles. The van der Waals surface area contributed by atoms with Gasteiger partial charge in [-0.25, -0.2) is 4.79 Å². The number of carbonyl (C=O) groups is 4. The Bertz CT molecular complexity index is 895. The number of likely N-dealkylation sites (tertiary alicyclic amines) is 1. The molecule has 1 saturated heterocycles. The van der Waals surface area contributed by atoms with Gasteiger partial charge in [0.15, 0.2) is 6.61 Å². The Hall–Kier alpha value is -2.70. The number of fused-ring (bicyclic) bond motifs is 1. The molecule has 4 rings (SSSR count). The van der Waals surface area contributed by atoms with Crippen LogP contribution in [0.15, 0.2) is 18.2 Å². The minimum atomic E-state index is -0.661. The lowest BCUT2D eigenvalue weighted by atomic mass is 9.92. The molecule has 0 radical (unpaired) electrons. The first-order chi connectivity index (χ1) is 14.8. The Morgan fingerprint density at radius 2 is 1.61 bits per heavy atom. The molecule has 2 heterocycles. The number of carbonyl (C=O) groups excluding carboxylic acids is 4. The SMILES string of the molecule is C[C@@H]1C[C@@H](C)CN(C(=O)COC(=O)c2ccc3c(c2)C(=O)N(C2CCCCC2)C3=O)C1. The fourth-order valence-corrected chi connectivity index (χ4v) is 5.23. The average Bonchev–Trinajstić information content (AvgIpc) is 3.01. The standard InChI is InChI=1S/C24H30N2O5/c1-15-10-16(2)13-25(12-15)21(27)14-31-24(30)17-8-9-19-20(11-17)23(29)26(22(19)28)18-6-4-3-5-7-18/h8-9,11,15-16,18H,3-7,10,12-14H2,1-2H3/t15-,16-/m1/s1. The molecule has 0 bridgehead atoms. The Morgan fingerprint density at radius 3 is 2.29 bits per heavy atom. The van der Waals surface area contributed by atoms with Crippen molar-refractivity contribution in [1.82, 2.24) is 9.80 Å². The van der Waals surface area contributed by atoms with Crippen molar-refractivity contribution in [1.29, 1.82) is 0 Å². The van der Waals surface area contributed by atoms with Crippen molar-refractivity contribution in [2.75, 3.05) is 19.7 Å². The smallest absolute Gasteiger partial charge is 0.338 e. The third kappa shape index (κ3) is 4.36. The van der Waals surface area contributed by atoms with Crippen molar-refractivity contribution in [2.24, 2.45) is 11.8 Å². The van der Waals surface area contributed by atoms with Crippen LogP contribution in [0.2, 0.25) is 0 Å². The van der Waals surface area contributed by atoms with Crippen molar-refractivity contribution < 1.29 is 23.9 Å². The second-order valence-corrected chi connectivity index (χ2v) is 9.35. The Kier molecular flexibility index (Phi) is 6.12. The molecular formula is C24H30N2O5. The third-order valence-corrected chi connectivity index (χ3v) is 6.64. The summed E-state index contributed by atoms with van der Waals surface area (Å²) < 4.78 is 5.24. The number of benzene rings is 1. The first-order valence-corrected chi connectivity index (χ1v) is 11.3. The molecule has 3 amide bonds. The van der Waals surface area contributed by atoms with Crippen LogP contribution in [-0.2, 0) is 9.53 Å². The van der Waals surface area contributed by atoms with Crippen LogP contribution in [0.1, 0.15) is 83.4 Å². The summed E-state index contributed by atoms with van der Waals surface area (Å²) in [6.45, 7) is 5.25. The lowest BCUT2D eigenvalue weighted by Gasteiger charge is -2.34. The third-order valence-electron chi connectivity index (χ3n) is 6.64. The van der Waals surface area contributed by atoms with E-state index in [4.69, 9.17) is 4.74 Å². The zero-order chi connectivity index (χ0) is 22.1. The number of rotatable bonds is 4. The summed E-state index contributed by atoms with van der Waals surface area (Å²) in [4.78, 5) is 53.8. The van der Waals surface area contributed by atoms with Gasteiger partial charge in [-0.2, -0.15) is 0 Å². The Balaban J connectivity index is 1.41. The molecule has 2 aliphatic heterocycles. The number of nitrogens with zero attached hydrogens (tertiary/aromatic N) is 2. The molecule has 7 nitrogen and oxygen atoms in total. The van der Waals surface area contributed by atoms with Gasteiger partial charge in [-0.1, -0.05) is 33.1 Å². The number of hydrogen-bond acceptors (Lipinski definition) is 5. The predicted octanol–water partition coefficient (Wildman–Crippen LogP) is 3.28. The minimum absolute atomic E-state index is 0.0662. The Morgan fingerprint density at radius 1 is 0.968 bits per heavy atom. The molecule has 1 saturated carbocycles. The number of ether oxygens (including phenoxy) is 1. The lowest BCUT2D eigenvalue weighted by Crippen LogP contribution is -2.44. The highest BCUT2D eigenvalue weighted by Crippen LogP contribution is 2.31. The van der Waals surface area contributed by atoms with Gasteiger partial charge in [0.1, 0.15) is 0 Å². The summed E-state index contributed by atoms with van der Waals surface area (Å²) in [6.07, 6.45) is 5.90. The van der Waals surface area contributed by atoms with Crippen molar-refractivity contribution in [3.63, 3.8) is 0 Å². The number of hydrogen-bond donors (Lipinski definition) is 0.